The van der Waals surface area contributed by atoms with Gasteiger partial charge < -0.3 is 5.32 Å². The molecule has 1 aliphatic rings. The monoisotopic (exact) mass is 168 g/mol. The van der Waals surface area contributed by atoms with Gasteiger partial charge in [0.1, 0.15) is 0 Å². The Morgan fingerprint density at radius 1 is 1.58 bits per heavy atom. The van der Waals surface area contributed by atoms with Crippen LogP contribution < -0.4 is 5.32 Å². The van der Waals surface area contributed by atoms with Crippen molar-refractivity contribution in [1.82, 2.24) is 10.2 Å². The van der Waals surface area contributed by atoms with E-state index in [9.17, 15) is 0 Å². The van der Waals surface area contributed by atoms with E-state index in [1.54, 1.807) is 0 Å². The van der Waals surface area contributed by atoms with Crippen LogP contribution in [0.2, 0.25) is 0 Å². The fourth-order valence-corrected chi connectivity index (χ4v) is 1.88. The smallest absolute Gasteiger partial charge is 0.0284 e. The van der Waals surface area contributed by atoms with Crippen molar-refractivity contribution in [3.8, 4) is 0 Å². The molecule has 0 saturated carbocycles. The molecule has 0 aromatic heterocycles. The van der Waals surface area contributed by atoms with Gasteiger partial charge in [-0.2, -0.15) is 0 Å². The van der Waals surface area contributed by atoms with Gasteiger partial charge >= 0.3 is 0 Å². The molecule has 1 unspecified atom stereocenters. The van der Waals surface area contributed by atoms with Crippen LogP contribution in [0, 0.1) is 0 Å². The van der Waals surface area contributed by atoms with Crippen molar-refractivity contribution in [2.75, 3.05) is 19.6 Å². The van der Waals surface area contributed by atoms with Gasteiger partial charge in [0.15, 0.2) is 0 Å². The third-order valence-electron chi connectivity index (χ3n) is 2.70. The lowest BCUT2D eigenvalue weighted by Gasteiger charge is -2.45. The summed E-state index contributed by atoms with van der Waals surface area (Å²) >= 11 is 0. The fraction of sp³-hybridized carbons (Fsp3) is 0.800. The van der Waals surface area contributed by atoms with Crippen LogP contribution in [0.1, 0.15) is 20.8 Å². The maximum Gasteiger partial charge on any atom is 0.0284 e. The lowest BCUT2D eigenvalue weighted by Crippen LogP contribution is -2.60. The van der Waals surface area contributed by atoms with Gasteiger partial charge in [-0.1, -0.05) is 6.08 Å². The molecular weight excluding hydrogens is 148 g/mol. The van der Waals surface area contributed by atoms with Gasteiger partial charge in [-0.05, 0) is 20.8 Å². The number of nitrogens with zero attached hydrogens (tertiary/aromatic N) is 1. The van der Waals surface area contributed by atoms with Crippen molar-refractivity contribution in [2.24, 2.45) is 0 Å². The van der Waals surface area contributed by atoms with Gasteiger partial charge in [0.05, 0.1) is 0 Å². The number of hydrogen-bond donors (Lipinski definition) is 1. The van der Waals surface area contributed by atoms with E-state index >= 15 is 0 Å². The Kier molecular flexibility index (Phi) is 2.91. The molecule has 0 radical (unpaired) electrons. The minimum atomic E-state index is 0.270. The number of piperazine rings is 1. The third kappa shape index (κ3) is 1.87. The summed E-state index contributed by atoms with van der Waals surface area (Å²) in [5, 5.41) is 3.41. The third-order valence-corrected chi connectivity index (χ3v) is 2.70. The predicted molar refractivity (Wildman–Crippen MR) is 53.3 cm³/mol. The van der Waals surface area contributed by atoms with Crippen LogP contribution in [0.15, 0.2) is 12.7 Å². The van der Waals surface area contributed by atoms with Gasteiger partial charge in [-0.15, -0.1) is 6.58 Å². The van der Waals surface area contributed by atoms with Crippen LogP contribution in [0.4, 0.5) is 0 Å². The molecule has 12 heavy (non-hydrogen) atoms. The standard InChI is InChI=1S/C10H20N2/c1-5-9(2)12-7-6-11-8-10(12,3)4/h5,9,11H,1,6-8H2,2-4H3. The van der Waals surface area contributed by atoms with E-state index in [1.807, 2.05) is 6.08 Å². The van der Waals surface area contributed by atoms with E-state index in [4.69, 9.17) is 0 Å². The quantitative estimate of drug-likeness (QED) is 0.624. The van der Waals surface area contributed by atoms with Crippen LogP contribution in [0.5, 0.6) is 0 Å². The molecule has 0 spiro atoms. The SMILES string of the molecule is C=CC(C)N1CCNCC1(C)C. The van der Waals surface area contributed by atoms with Gasteiger partial charge in [0.25, 0.3) is 0 Å². The van der Waals surface area contributed by atoms with E-state index < -0.39 is 0 Å². The Balaban J connectivity index is 2.65. The van der Waals surface area contributed by atoms with Crippen LogP contribution in [0.3, 0.4) is 0 Å². The second-order valence-electron chi connectivity index (χ2n) is 4.16. The fourth-order valence-electron chi connectivity index (χ4n) is 1.88. The Morgan fingerprint density at radius 2 is 2.25 bits per heavy atom. The summed E-state index contributed by atoms with van der Waals surface area (Å²) in [4.78, 5) is 2.50. The molecule has 2 heteroatoms. The minimum absolute atomic E-state index is 0.270. The Bertz CT molecular complexity index is 163. The summed E-state index contributed by atoms with van der Waals surface area (Å²) < 4.78 is 0. The van der Waals surface area contributed by atoms with Gasteiger partial charge in [0, 0.05) is 31.2 Å². The lowest BCUT2D eigenvalue weighted by atomic mass is 9.98. The first-order valence-electron chi connectivity index (χ1n) is 4.68. The van der Waals surface area contributed by atoms with Gasteiger partial charge in [-0.25, -0.2) is 0 Å². The summed E-state index contributed by atoms with van der Waals surface area (Å²) in [6.07, 6.45) is 2.02. The second-order valence-corrected chi connectivity index (χ2v) is 4.16. The summed E-state index contributed by atoms with van der Waals surface area (Å²) in [5.41, 5.74) is 0.270. The van der Waals surface area contributed by atoms with E-state index in [2.05, 4.69) is 37.6 Å². The Hall–Kier alpha value is -0.340. The van der Waals surface area contributed by atoms with Crippen molar-refractivity contribution >= 4 is 0 Å². The molecule has 2 nitrogen and oxygen atoms in total. The number of hydrogen-bond acceptors (Lipinski definition) is 2. The predicted octanol–water partition coefficient (Wildman–Crippen LogP) is 1.24. The zero-order valence-electron chi connectivity index (χ0n) is 8.43. The zero-order valence-corrected chi connectivity index (χ0v) is 8.43. The van der Waals surface area contributed by atoms with Crippen molar-refractivity contribution in [3.63, 3.8) is 0 Å². The zero-order chi connectivity index (χ0) is 9.19. The highest BCUT2D eigenvalue weighted by Crippen LogP contribution is 2.19. The Labute approximate surface area is 75.6 Å². The van der Waals surface area contributed by atoms with Crippen LogP contribution in [-0.2, 0) is 0 Å². The molecule has 1 heterocycles. The summed E-state index contributed by atoms with van der Waals surface area (Å²) in [6.45, 7) is 13.9. The van der Waals surface area contributed by atoms with E-state index in [1.165, 1.54) is 0 Å². The van der Waals surface area contributed by atoms with Gasteiger partial charge in [-0.3, -0.25) is 4.90 Å². The minimum Gasteiger partial charge on any atom is -0.314 e. The first kappa shape index (κ1) is 9.75. The highest BCUT2D eigenvalue weighted by atomic mass is 15.3. The molecule has 0 aromatic carbocycles. The Morgan fingerprint density at radius 3 is 2.75 bits per heavy atom. The lowest BCUT2D eigenvalue weighted by molar-refractivity contribution is 0.0703. The first-order valence-corrected chi connectivity index (χ1v) is 4.68. The molecule has 0 bridgehead atoms. The molecule has 0 aliphatic carbocycles. The molecule has 0 amide bonds. The number of rotatable bonds is 2. The largest absolute Gasteiger partial charge is 0.314 e. The molecule has 1 aliphatic heterocycles. The molecule has 70 valence electrons. The van der Waals surface area contributed by atoms with Gasteiger partial charge in [0.2, 0.25) is 0 Å². The molecule has 1 N–H and O–H groups in total. The normalized spacial score (nSPS) is 26.6. The molecule has 0 aromatic rings. The van der Waals surface area contributed by atoms with E-state index in [-0.39, 0.29) is 5.54 Å². The second kappa shape index (κ2) is 3.58. The van der Waals surface area contributed by atoms with Crippen molar-refractivity contribution in [1.29, 1.82) is 0 Å². The number of nitrogens with one attached hydrogen (secondary N) is 1. The van der Waals surface area contributed by atoms with E-state index in [0.717, 1.165) is 19.6 Å². The van der Waals surface area contributed by atoms with Crippen LogP contribution >= 0.6 is 0 Å². The summed E-state index contributed by atoms with van der Waals surface area (Å²) in [5.74, 6) is 0. The highest BCUT2D eigenvalue weighted by Gasteiger charge is 2.31. The van der Waals surface area contributed by atoms with Crippen molar-refractivity contribution < 1.29 is 0 Å². The van der Waals surface area contributed by atoms with Crippen molar-refractivity contribution in [2.45, 2.75) is 32.4 Å². The average Bonchev–Trinajstić information content (AvgIpc) is 2.02. The maximum atomic E-state index is 3.84. The average molecular weight is 168 g/mol. The first-order chi connectivity index (χ1) is 5.58. The summed E-state index contributed by atoms with van der Waals surface area (Å²) in [6, 6.07) is 0.488. The summed E-state index contributed by atoms with van der Waals surface area (Å²) in [7, 11) is 0. The maximum absolute atomic E-state index is 3.84. The molecule has 1 saturated heterocycles. The molecule has 1 atom stereocenters. The van der Waals surface area contributed by atoms with Crippen molar-refractivity contribution in [3.05, 3.63) is 12.7 Å². The molecule has 1 fully saturated rings. The molecular formula is C10H20N2. The van der Waals surface area contributed by atoms with E-state index in [0.29, 0.717) is 6.04 Å². The highest BCUT2D eigenvalue weighted by molar-refractivity contribution is 4.96. The van der Waals surface area contributed by atoms with Crippen LogP contribution in [0.25, 0.3) is 0 Å². The molecule has 1 rings (SSSR count). The topological polar surface area (TPSA) is 15.3 Å². The van der Waals surface area contributed by atoms with Crippen LogP contribution in [-0.4, -0.2) is 36.1 Å².